The summed E-state index contributed by atoms with van der Waals surface area (Å²) < 4.78 is 54.9. The summed E-state index contributed by atoms with van der Waals surface area (Å²) in [6.45, 7) is 3.31. The molecule has 2 heterocycles. The van der Waals surface area contributed by atoms with Crippen molar-refractivity contribution in [2.24, 2.45) is 5.92 Å². The molecule has 0 spiro atoms. The fourth-order valence-electron chi connectivity index (χ4n) is 4.01. The number of carbonyl (C=O) groups excluding carboxylic acids is 2. The molecule has 1 amide bonds. The molecule has 0 bridgehead atoms. The first-order chi connectivity index (χ1) is 17.0. The average molecular weight is 549 g/mol. The van der Waals surface area contributed by atoms with E-state index in [1.54, 1.807) is 31.2 Å². The summed E-state index contributed by atoms with van der Waals surface area (Å²) in [6, 6.07) is 6.75. The first-order valence-corrected chi connectivity index (χ1v) is 12.0. The summed E-state index contributed by atoms with van der Waals surface area (Å²) in [7, 11) is 0. The van der Waals surface area contributed by atoms with Gasteiger partial charge in [-0.3, -0.25) is 9.59 Å². The van der Waals surface area contributed by atoms with E-state index in [0.29, 0.717) is 32.1 Å². The van der Waals surface area contributed by atoms with Crippen LogP contribution in [0.2, 0.25) is 10.0 Å². The number of benzene rings is 1. The molecule has 196 valence electrons. The third-order valence-electron chi connectivity index (χ3n) is 5.64. The van der Waals surface area contributed by atoms with Gasteiger partial charge in [-0.15, -0.1) is 0 Å². The van der Waals surface area contributed by atoms with E-state index in [1.165, 1.54) is 6.20 Å². The number of nitrogens with zero attached hydrogens (tertiary/aromatic N) is 2. The van der Waals surface area contributed by atoms with Crippen LogP contribution in [0.3, 0.4) is 0 Å². The number of amides is 1. The first-order valence-electron chi connectivity index (χ1n) is 11.2. The van der Waals surface area contributed by atoms with Gasteiger partial charge >= 0.3 is 18.1 Å². The molecule has 36 heavy (non-hydrogen) atoms. The average Bonchev–Trinajstić information content (AvgIpc) is 2.82. The van der Waals surface area contributed by atoms with Crippen LogP contribution in [-0.2, 0) is 14.3 Å². The van der Waals surface area contributed by atoms with Gasteiger partial charge in [0.1, 0.15) is 13.2 Å². The van der Waals surface area contributed by atoms with Crippen LogP contribution in [0.15, 0.2) is 30.5 Å². The van der Waals surface area contributed by atoms with E-state index in [1.807, 2.05) is 6.92 Å². The molecule has 0 N–H and O–H groups in total. The van der Waals surface area contributed by atoms with Crippen molar-refractivity contribution in [3.63, 3.8) is 0 Å². The number of aromatic nitrogens is 1. The number of hydrogen-bond acceptors (Lipinski definition) is 6. The van der Waals surface area contributed by atoms with E-state index in [2.05, 4.69) is 4.98 Å². The molecule has 1 aromatic heterocycles. The van der Waals surface area contributed by atoms with Gasteiger partial charge in [0.25, 0.3) is 0 Å². The maximum absolute atomic E-state index is 12.9. The predicted molar refractivity (Wildman–Crippen MR) is 127 cm³/mol. The largest absolute Gasteiger partial charge is 0.487 e. The van der Waals surface area contributed by atoms with Crippen molar-refractivity contribution < 1.29 is 37.0 Å². The molecule has 2 unspecified atom stereocenters. The Morgan fingerprint density at radius 3 is 2.39 bits per heavy atom. The van der Waals surface area contributed by atoms with Crippen LogP contribution >= 0.6 is 23.2 Å². The number of carbonyl (C=O) groups is 2. The minimum atomic E-state index is -5.01. The van der Waals surface area contributed by atoms with Gasteiger partial charge in [0.2, 0.25) is 5.88 Å². The monoisotopic (exact) mass is 548 g/mol. The molecule has 7 nitrogen and oxygen atoms in total. The fourth-order valence-corrected chi connectivity index (χ4v) is 4.72. The van der Waals surface area contributed by atoms with Crippen LogP contribution in [0, 0.1) is 12.8 Å². The van der Waals surface area contributed by atoms with Gasteiger partial charge in [-0.2, -0.15) is 13.2 Å². The van der Waals surface area contributed by atoms with Crippen LogP contribution in [0.5, 0.6) is 11.6 Å². The summed E-state index contributed by atoms with van der Waals surface area (Å²) in [5.41, 5.74) is 1.54. The topological polar surface area (TPSA) is 78.0 Å². The first kappa shape index (κ1) is 27.9. The third kappa shape index (κ3) is 6.94. The van der Waals surface area contributed by atoms with E-state index in [4.69, 9.17) is 37.4 Å². The summed E-state index contributed by atoms with van der Waals surface area (Å²) in [4.78, 5) is 29.1. The molecular weight excluding hydrogens is 524 g/mol. The summed E-state index contributed by atoms with van der Waals surface area (Å²) in [6.07, 6.45) is -3.35. The van der Waals surface area contributed by atoms with E-state index in [-0.39, 0.29) is 39.3 Å². The SMILES string of the molecule is CCOC(=O)C1CN(C(=O)C(F)(F)F)CCC1c1ccc(OCCOc2c(Cl)cc(C)cc2Cl)nc1. The lowest BCUT2D eigenvalue weighted by Crippen LogP contribution is -2.50. The van der Waals surface area contributed by atoms with Gasteiger partial charge < -0.3 is 19.1 Å². The quantitative estimate of drug-likeness (QED) is 0.333. The van der Waals surface area contributed by atoms with Crippen molar-refractivity contribution in [2.45, 2.75) is 32.4 Å². The Morgan fingerprint density at radius 2 is 1.81 bits per heavy atom. The molecule has 1 fully saturated rings. The number of pyridine rings is 1. The van der Waals surface area contributed by atoms with Gasteiger partial charge in [0.05, 0.1) is 22.6 Å². The second-order valence-corrected chi connectivity index (χ2v) is 9.00. The van der Waals surface area contributed by atoms with E-state index in [0.717, 1.165) is 5.56 Å². The number of esters is 1. The Labute approximate surface area is 216 Å². The number of alkyl halides is 3. The molecule has 1 aromatic carbocycles. The van der Waals surface area contributed by atoms with Crippen LogP contribution < -0.4 is 9.47 Å². The van der Waals surface area contributed by atoms with Crippen molar-refractivity contribution in [3.05, 3.63) is 51.6 Å². The molecule has 12 heteroatoms. The zero-order chi connectivity index (χ0) is 26.5. The summed E-state index contributed by atoms with van der Waals surface area (Å²) >= 11 is 12.3. The lowest BCUT2D eigenvalue weighted by molar-refractivity contribution is -0.188. The Morgan fingerprint density at radius 1 is 1.14 bits per heavy atom. The Bertz CT molecular complexity index is 1060. The van der Waals surface area contributed by atoms with Crippen LogP contribution in [0.25, 0.3) is 0 Å². The molecular formula is C24H25Cl2F3N2O5. The maximum atomic E-state index is 12.9. The molecule has 3 rings (SSSR count). The molecule has 1 saturated heterocycles. The zero-order valence-electron chi connectivity index (χ0n) is 19.6. The van der Waals surface area contributed by atoms with Gasteiger partial charge in [-0.25, -0.2) is 4.98 Å². The Balaban J connectivity index is 1.61. The standard InChI is InChI=1S/C24H25Cl2F3N2O5/c1-3-34-22(32)17-13-31(23(33)24(27,28)29)7-6-16(17)15-4-5-20(30-12-15)35-8-9-36-21-18(25)10-14(2)11-19(21)26/h4-5,10-12,16-17H,3,6-9,13H2,1-2H3. The maximum Gasteiger partial charge on any atom is 0.471 e. The van der Waals surface area contributed by atoms with Crippen LogP contribution in [0.1, 0.15) is 30.4 Å². The number of hydrogen-bond donors (Lipinski definition) is 0. The summed E-state index contributed by atoms with van der Waals surface area (Å²) in [5.74, 6) is -3.38. The molecule has 2 atom stereocenters. The lowest BCUT2D eigenvalue weighted by atomic mass is 9.81. The second-order valence-electron chi connectivity index (χ2n) is 8.19. The number of likely N-dealkylation sites (tertiary alicyclic amines) is 1. The number of ether oxygens (including phenoxy) is 3. The van der Waals surface area contributed by atoms with Crippen molar-refractivity contribution in [1.29, 1.82) is 0 Å². The smallest absolute Gasteiger partial charge is 0.471 e. The normalized spacial score (nSPS) is 18.0. The highest BCUT2D eigenvalue weighted by Gasteiger charge is 2.46. The number of piperidine rings is 1. The highest BCUT2D eigenvalue weighted by molar-refractivity contribution is 6.37. The third-order valence-corrected chi connectivity index (χ3v) is 6.20. The van der Waals surface area contributed by atoms with Gasteiger partial charge in [0, 0.05) is 31.3 Å². The fraction of sp³-hybridized carbons (Fsp3) is 0.458. The Kier molecular flexibility index (Phi) is 9.30. The van der Waals surface area contributed by atoms with Crippen molar-refractivity contribution in [3.8, 4) is 11.6 Å². The number of rotatable bonds is 8. The van der Waals surface area contributed by atoms with Crippen LogP contribution in [-0.4, -0.2) is 60.8 Å². The van der Waals surface area contributed by atoms with E-state index < -0.39 is 29.9 Å². The molecule has 2 aromatic rings. The predicted octanol–water partition coefficient (Wildman–Crippen LogP) is 5.21. The molecule has 1 aliphatic rings. The van der Waals surface area contributed by atoms with E-state index in [9.17, 15) is 22.8 Å². The van der Waals surface area contributed by atoms with Crippen molar-refractivity contribution in [1.82, 2.24) is 9.88 Å². The molecule has 0 aliphatic carbocycles. The van der Waals surface area contributed by atoms with Gasteiger partial charge in [0.15, 0.2) is 5.75 Å². The zero-order valence-corrected chi connectivity index (χ0v) is 21.1. The van der Waals surface area contributed by atoms with Gasteiger partial charge in [-0.1, -0.05) is 29.3 Å². The lowest BCUT2D eigenvalue weighted by Gasteiger charge is -2.37. The second kappa shape index (κ2) is 12.0. The highest BCUT2D eigenvalue weighted by atomic mass is 35.5. The van der Waals surface area contributed by atoms with Gasteiger partial charge in [-0.05, 0) is 43.5 Å². The highest BCUT2D eigenvalue weighted by Crippen LogP contribution is 2.36. The number of halogens is 5. The molecule has 0 saturated carbocycles. The minimum absolute atomic E-state index is 0.0708. The summed E-state index contributed by atoms with van der Waals surface area (Å²) in [5, 5.41) is 0.781. The molecule has 0 radical (unpaired) electrons. The van der Waals surface area contributed by atoms with Crippen molar-refractivity contribution >= 4 is 35.1 Å². The molecule has 1 aliphatic heterocycles. The minimum Gasteiger partial charge on any atom is -0.487 e. The van der Waals surface area contributed by atoms with Crippen LogP contribution in [0.4, 0.5) is 13.2 Å². The number of aryl methyl sites for hydroxylation is 1. The van der Waals surface area contributed by atoms with E-state index >= 15 is 0 Å². The van der Waals surface area contributed by atoms with Crippen molar-refractivity contribution in [2.75, 3.05) is 32.9 Å². The Hall–Kier alpha value is -2.72.